The number of ketones is 1. The molecule has 0 aromatic carbocycles. The van der Waals surface area contributed by atoms with Crippen LogP contribution in [0.2, 0.25) is 0 Å². The minimum atomic E-state index is -1.17. The van der Waals surface area contributed by atoms with Crippen LogP contribution < -0.4 is 0 Å². The van der Waals surface area contributed by atoms with Crippen molar-refractivity contribution in [1.82, 2.24) is 9.97 Å². The van der Waals surface area contributed by atoms with E-state index in [1.165, 1.54) is 0 Å². The van der Waals surface area contributed by atoms with Crippen LogP contribution in [-0.4, -0.2) is 20.9 Å². The summed E-state index contributed by atoms with van der Waals surface area (Å²) >= 11 is 0. The number of aromatic nitrogens is 2. The van der Waals surface area contributed by atoms with Crippen molar-refractivity contribution in [1.29, 1.82) is 0 Å². The molecule has 1 aliphatic rings. The van der Waals surface area contributed by atoms with E-state index in [-0.39, 0.29) is 5.78 Å². The van der Waals surface area contributed by atoms with Gasteiger partial charge in [-0.1, -0.05) is 12.1 Å². The fraction of sp³-hybridized carbons (Fsp3) is 0.312. The van der Waals surface area contributed by atoms with E-state index in [1.807, 2.05) is 6.07 Å². The van der Waals surface area contributed by atoms with Crippen molar-refractivity contribution in [2.75, 3.05) is 0 Å². The number of nitrogens with zero attached hydrogens (tertiary/aromatic N) is 2. The second-order valence-corrected chi connectivity index (χ2v) is 5.16. The molecule has 0 radical (unpaired) electrons. The molecule has 0 bridgehead atoms. The Labute approximate surface area is 117 Å². The van der Waals surface area contributed by atoms with Crippen molar-refractivity contribution < 1.29 is 9.90 Å². The summed E-state index contributed by atoms with van der Waals surface area (Å²) < 4.78 is 0. The number of rotatable bonds is 3. The maximum Gasteiger partial charge on any atom is 0.187 e. The Morgan fingerprint density at radius 1 is 1.15 bits per heavy atom. The SMILES string of the molecule is O=C(c1ccccn1)[C@@H]1CCC[C@@]1(O)c1ccccn1. The van der Waals surface area contributed by atoms with Gasteiger partial charge in [0.05, 0.1) is 11.6 Å². The zero-order valence-electron chi connectivity index (χ0n) is 11.1. The molecule has 20 heavy (non-hydrogen) atoms. The molecule has 0 spiro atoms. The molecule has 2 atom stereocenters. The molecule has 4 nitrogen and oxygen atoms in total. The number of Topliss-reactive ketones (excluding diaryl/α,β-unsaturated/α-hetero) is 1. The third-order valence-corrected chi connectivity index (χ3v) is 3.97. The number of hydrogen-bond acceptors (Lipinski definition) is 4. The van der Waals surface area contributed by atoms with E-state index in [9.17, 15) is 9.90 Å². The van der Waals surface area contributed by atoms with E-state index in [0.29, 0.717) is 24.2 Å². The van der Waals surface area contributed by atoms with Gasteiger partial charge in [0, 0.05) is 12.4 Å². The van der Waals surface area contributed by atoms with E-state index < -0.39 is 11.5 Å². The van der Waals surface area contributed by atoms with Crippen molar-refractivity contribution in [2.45, 2.75) is 24.9 Å². The highest BCUT2D eigenvalue weighted by molar-refractivity contribution is 5.97. The number of carbonyl (C=O) groups excluding carboxylic acids is 1. The molecular formula is C16H16N2O2. The molecule has 2 aromatic rings. The van der Waals surface area contributed by atoms with Gasteiger partial charge in [0.15, 0.2) is 5.78 Å². The lowest BCUT2D eigenvalue weighted by Gasteiger charge is -2.28. The van der Waals surface area contributed by atoms with Crippen LogP contribution >= 0.6 is 0 Å². The lowest BCUT2D eigenvalue weighted by atomic mass is 9.83. The van der Waals surface area contributed by atoms with Gasteiger partial charge < -0.3 is 5.11 Å². The lowest BCUT2D eigenvalue weighted by molar-refractivity contribution is -0.000621. The van der Waals surface area contributed by atoms with Gasteiger partial charge in [0.25, 0.3) is 0 Å². The second kappa shape index (κ2) is 5.13. The third kappa shape index (κ3) is 2.12. The molecule has 1 fully saturated rings. The Bertz CT molecular complexity index is 600. The van der Waals surface area contributed by atoms with Gasteiger partial charge in [-0.15, -0.1) is 0 Å². The molecule has 2 aromatic heterocycles. The van der Waals surface area contributed by atoms with Gasteiger partial charge in [-0.05, 0) is 43.5 Å². The predicted molar refractivity (Wildman–Crippen MR) is 74.0 cm³/mol. The van der Waals surface area contributed by atoms with E-state index in [0.717, 1.165) is 6.42 Å². The minimum Gasteiger partial charge on any atom is -0.383 e. The topological polar surface area (TPSA) is 63.1 Å². The summed E-state index contributed by atoms with van der Waals surface area (Å²) in [6.07, 6.45) is 5.29. The third-order valence-electron chi connectivity index (χ3n) is 3.97. The largest absolute Gasteiger partial charge is 0.383 e. The zero-order chi connectivity index (χ0) is 14.0. The van der Waals surface area contributed by atoms with Gasteiger partial charge >= 0.3 is 0 Å². The Morgan fingerprint density at radius 2 is 1.90 bits per heavy atom. The molecule has 0 aliphatic heterocycles. The van der Waals surface area contributed by atoms with Crippen LogP contribution in [0.3, 0.4) is 0 Å². The molecule has 0 amide bonds. The maximum absolute atomic E-state index is 12.6. The average molecular weight is 268 g/mol. The standard InChI is InChI=1S/C16H16N2O2/c19-15(13-7-1-3-10-17-13)12-6-5-9-16(12,20)14-8-2-4-11-18-14/h1-4,7-8,10-12,20H,5-6,9H2/t12-,16-/m0/s1. The molecule has 102 valence electrons. The smallest absolute Gasteiger partial charge is 0.187 e. The van der Waals surface area contributed by atoms with Gasteiger partial charge in [0.1, 0.15) is 11.3 Å². The maximum atomic E-state index is 12.6. The quantitative estimate of drug-likeness (QED) is 0.868. The van der Waals surface area contributed by atoms with Crippen molar-refractivity contribution >= 4 is 5.78 Å². The van der Waals surface area contributed by atoms with Crippen LogP contribution in [0.5, 0.6) is 0 Å². The van der Waals surface area contributed by atoms with Gasteiger partial charge in [-0.3, -0.25) is 14.8 Å². The first kappa shape index (κ1) is 12.9. The number of carbonyl (C=O) groups is 1. The van der Waals surface area contributed by atoms with Crippen LogP contribution in [0.25, 0.3) is 0 Å². The summed E-state index contributed by atoms with van der Waals surface area (Å²) in [5, 5.41) is 10.9. The normalized spacial score (nSPS) is 25.6. The van der Waals surface area contributed by atoms with Crippen molar-refractivity contribution in [2.24, 2.45) is 5.92 Å². The Morgan fingerprint density at radius 3 is 2.55 bits per heavy atom. The number of pyridine rings is 2. The van der Waals surface area contributed by atoms with Gasteiger partial charge in [0.2, 0.25) is 0 Å². The summed E-state index contributed by atoms with van der Waals surface area (Å²) in [7, 11) is 0. The van der Waals surface area contributed by atoms with Gasteiger partial charge in [-0.2, -0.15) is 0 Å². The lowest BCUT2D eigenvalue weighted by Crippen LogP contribution is -2.36. The first-order valence-electron chi connectivity index (χ1n) is 6.81. The highest BCUT2D eigenvalue weighted by Crippen LogP contribution is 2.44. The molecule has 1 N–H and O–H groups in total. The number of hydrogen-bond donors (Lipinski definition) is 1. The Balaban J connectivity index is 1.95. The molecule has 3 rings (SSSR count). The minimum absolute atomic E-state index is 0.101. The van der Waals surface area contributed by atoms with Crippen LogP contribution in [0.1, 0.15) is 35.4 Å². The molecule has 0 unspecified atom stereocenters. The van der Waals surface area contributed by atoms with Crippen LogP contribution in [0.4, 0.5) is 0 Å². The summed E-state index contributed by atoms with van der Waals surface area (Å²) in [5.74, 6) is -0.566. The predicted octanol–water partition coefficient (Wildman–Crippen LogP) is 2.35. The van der Waals surface area contributed by atoms with Crippen LogP contribution in [-0.2, 0) is 5.60 Å². The van der Waals surface area contributed by atoms with Gasteiger partial charge in [-0.25, -0.2) is 0 Å². The summed E-state index contributed by atoms with van der Waals surface area (Å²) in [5.41, 5.74) is -0.184. The van der Waals surface area contributed by atoms with Crippen molar-refractivity contribution in [3.8, 4) is 0 Å². The molecule has 1 aliphatic carbocycles. The van der Waals surface area contributed by atoms with Crippen LogP contribution in [0, 0.1) is 5.92 Å². The second-order valence-electron chi connectivity index (χ2n) is 5.16. The number of aliphatic hydroxyl groups is 1. The fourth-order valence-electron chi connectivity index (χ4n) is 2.95. The monoisotopic (exact) mass is 268 g/mol. The molecule has 4 heteroatoms. The van der Waals surface area contributed by atoms with E-state index >= 15 is 0 Å². The summed E-state index contributed by atoms with van der Waals surface area (Å²) in [6.45, 7) is 0. The van der Waals surface area contributed by atoms with Crippen molar-refractivity contribution in [3.63, 3.8) is 0 Å². The molecular weight excluding hydrogens is 252 g/mol. The highest BCUT2D eigenvalue weighted by Gasteiger charge is 2.47. The van der Waals surface area contributed by atoms with Crippen LogP contribution in [0.15, 0.2) is 48.8 Å². The Kier molecular flexibility index (Phi) is 3.32. The fourth-order valence-corrected chi connectivity index (χ4v) is 2.95. The highest BCUT2D eigenvalue weighted by atomic mass is 16.3. The average Bonchev–Trinajstić information content (AvgIpc) is 2.91. The van der Waals surface area contributed by atoms with E-state index in [4.69, 9.17) is 0 Å². The van der Waals surface area contributed by atoms with E-state index in [1.54, 1.807) is 42.7 Å². The van der Waals surface area contributed by atoms with E-state index in [2.05, 4.69) is 9.97 Å². The summed E-state index contributed by atoms with van der Waals surface area (Å²) in [4.78, 5) is 20.9. The molecule has 1 saturated carbocycles. The summed E-state index contributed by atoms with van der Waals surface area (Å²) in [6, 6.07) is 10.7. The molecule has 0 saturated heterocycles. The first-order valence-corrected chi connectivity index (χ1v) is 6.81. The zero-order valence-corrected chi connectivity index (χ0v) is 11.1. The molecule has 2 heterocycles. The first-order chi connectivity index (χ1) is 9.72. The Hall–Kier alpha value is -2.07. The van der Waals surface area contributed by atoms with Crippen molar-refractivity contribution in [3.05, 3.63) is 60.2 Å².